The lowest BCUT2D eigenvalue weighted by molar-refractivity contribution is 0.0697. The first-order valence-corrected chi connectivity index (χ1v) is 7.66. The number of hydrogen-bond donors (Lipinski definition) is 1. The van der Waals surface area contributed by atoms with Gasteiger partial charge in [-0.3, -0.25) is 4.99 Å². The zero-order valence-electron chi connectivity index (χ0n) is 13.6. The van der Waals surface area contributed by atoms with Crippen LogP contribution in [-0.4, -0.2) is 21.9 Å². The van der Waals surface area contributed by atoms with Crippen molar-refractivity contribution in [1.82, 2.24) is 4.57 Å². The first-order valence-electron chi connectivity index (χ1n) is 7.66. The minimum absolute atomic E-state index is 0.234. The minimum atomic E-state index is -0.951. The summed E-state index contributed by atoms with van der Waals surface area (Å²) in [5.41, 5.74) is 5.43. The number of aromatic nitrogens is 1. The zero-order valence-corrected chi connectivity index (χ0v) is 13.6. The Morgan fingerprint density at radius 2 is 1.92 bits per heavy atom. The Labute approximate surface area is 140 Å². The van der Waals surface area contributed by atoms with Gasteiger partial charge < -0.3 is 9.67 Å². The zero-order chi connectivity index (χ0) is 17.1. The second-order valence-electron chi connectivity index (χ2n) is 5.73. The fourth-order valence-electron chi connectivity index (χ4n) is 2.40. The summed E-state index contributed by atoms with van der Waals surface area (Å²) in [6, 6.07) is 14.9. The third-order valence-electron chi connectivity index (χ3n) is 3.96. The molecule has 1 heterocycles. The number of hydrogen-bond acceptors (Lipinski definition) is 2. The van der Waals surface area contributed by atoms with Crippen molar-refractivity contribution in [1.29, 1.82) is 0 Å². The molecule has 0 fully saturated rings. The van der Waals surface area contributed by atoms with E-state index in [0.29, 0.717) is 5.69 Å². The Hall–Kier alpha value is -3.14. The summed E-state index contributed by atoms with van der Waals surface area (Å²) in [6.45, 7) is 4.19. The van der Waals surface area contributed by atoms with Crippen LogP contribution in [0.2, 0.25) is 0 Å². The summed E-state index contributed by atoms with van der Waals surface area (Å²) >= 11 is 0. The van der Waals surface area contributed by atoms with Crippen molar-refractivity contribution >= 4 is 17.9 Å². The van der Waals surface area contributed by atoms with E-state index in [2.05, 4.69) is 37.0 Å². The molecular formula is C20H18N2O2. The van der Waals surface area contributed by atoms with Gasteiger partial charge in [-0.05, 0) is 61.4 Å². The number of carbonyl (C=O) groups is 1. The number of aromatic carboxylic acids is 1. The highest BCUT2D eigenvalue weighted by Crippen LogP contribution is 2.17. The Balaban J connectivity index is 1.82. The topological polar surface area (TPSA) is 54.6 Å². The van der Waals surface area contributed by atoms with Crippen LogP contribution in [0.1, 0.15) is 27.0 Å². The van der Waals surface area contributed by atoms with Crippen molar-refractivity contribution < 1.29 is 9.90 Å². The first kappa shape index (κ1) is 15.7. The minimum Gasteiger partial charge on any atom is -0.478 e. The molecule has 0 saturated heterocycles. The van der Waals surface area contributed by atoms with Gasteiger partial charge in [-0.15, -0.1) is 0 Å². The molecule has 0 aliphatic carbocycles. The SMILES string of the molecule is Cc1ccc(-n2ccc(C=Nc3cccc(C(=O)O)c3)c2)cc1C. The number of carboxylic acids is 1. The number of nitrogens with zero attached hydrogens (tertiary/aromatic N) is 2. The fourth-order valence-corrected chi connectivity index (χ4v) is 2.40. The van der Waals surface area contributed by atoms with E-state index in [1.807, 2.05) is 23.0 Å². The summed E-state index contributed by atoms with van der Waals surface area (Å²) in [7, 11) is 0. The van der Waals surface area contributed by atoms with Crippen molar-refractivity contribution in [3.8, 4) is 5.69 Å². The second-order valence-corrected chi connectivity index (χ2v) is 5.73. The van der Waals surface area contributed by atoms with E-state index >= 15 is 0 Å². The molecule has 1 aromatic heterocycles. The van der Waals surface area contributed by atoms with Gasteiger partial charge in [0.2, 0.25) is 0 Å². The van der Waals surface area contributed by atoms with Crippen LogP contribution in [-0.2, 0) is 0 Å². The molecule has 0 aliphatic heterocycles. The van der Waals surface area contributed by atoms with Crippen LogP contribution in [0.3, 0.4) is 0 Å². The lowest BCUT2D eigenvalue weighted by Gasteiger charge is -2.06. The standard InChI is InChI=1S/C20H18N2O2/c1-14-6-7-19(10-15(14)2)22-9-8-16(13-22)12-21-18-5-3-4-17(11-18)20(23)24/h3-13H,1-2H3,(H,23,24). The first-order chi connectivity index (χ1) is 11.5. The van der Waals surface area contributed by atoms with Crippen molar-refractivity contribution in [2.75, 3.05) is 0 Å². The number of carboxylic acid groups (broad SMARTS) is 1. The lowest BCUT2D eigenvalue weighted by atomic mass is 10.1. The second kappa shape index (κ2) is 6.54. The van der Waals surface area contributed by atoms with Gasteiger partial charge in [0.1, 0.15) is 0 Å². The molecule has 0 saturated carbocycles. The van der Waals surface area contributed by atoms with Gasteiger partial charge in [-0.2, -0.15) is 0 Å². The van der Waals surface area contributed by atoms with Crippen molar-refractivity contribution in [3.05, 3.63) is 83.2 Å². The number of aliphatic imine (C=N–C) groups is 1. The molecule has 0 atom stereocenters. The van der Waals surface area contributed by atoms with E-state index in [0.717, 1.165) is 11.3 Å². The lowest BCUT2D eigenvalue weighted by Crippen LogP contribution is -1.94. The molecule has 0 radical (unpaired) electrons. The van der Waals surface area contributed by atoms with Gasteiger partial charge >= 0.3 is 5.97 Å². The number of rotatable bonds is 4. The van der Waals surface area contributed by atoms with Crippen LogP contribution in [0.4, 0.5) is 5.69 Å². The van der Waals surface area contributed by atoms with Crippen LogP contribution in [0.15, 0.2) is 65.9 Å². The summed E-state index contributed by atoms with van der Waals surface area (Å²) in [4.78, 5) is 15.3. The molecule has 3 aromatic rings. The Kier molecular flexibility index (Phi) is 4.29. The van der Waals surface area contributed by atoms with Gasteiger partial charge in [0.05, 0.1) is 11.3 Å². The van der Waals surface area contributed by atoms with Crippen molar-refractivity contribution in [3.63, 3.8) is 0 Å². The maximum absolute atomic E-state index is 11.0. The largest absolute Gasteiger partial charge is 0.478 e. The Morgan fingerprint density at radius 1 is 1.08 bits per heavy atom. The van der Waals surface area contributed by atoms with Crippen molar-refractivity contribution in [2.45, 2.75) is 13.8 Å². The van der Waals surface area contributed by atoms with Crippen LogP contribution < -0.4 is 0 Å². The van der Waals surface area contributed by atoms with E-state index in [1.54, 1.807) is 30.5 Å². The Bertz CT molecular complexity index is 923. The maximum Gasteiger partial charge on any atom is 0.335 e. The summed E-state index contributed by atoms with van der Waals surface area (Å²) in [6.07, 6.45) is 5.71. The third-order valence-corrected chi connectivity index (χ3v) is 3.96. The number of aryl methyl sites for hydroxylation is 2. The molecular weight excluding hydrogens is 300 g/mol. The monoisotopic (exact) mass is 318 g/mol. The van der Waals surface area contributed by atoms with E-state index in [-0.39, 0.29) is 5.56 Å². The summed E-state index contributed by atoms with van der Waals surface area (Å²) < 4.78 is 2.04. The van der Waals surface area contributed by atoms with Crippen molar-refractivity contribution in [2.24, 2.45) is 4.99 Å². The molecule has 4 heteroatoms. The van der Waals surface area contributed by atoms with E-state index < -0.39 is 5.97 Å². The Morgan fingerprint density at radius 3 is 2.67 bits per heavy atom. The van der Waals surface area contributed by atoms with E-state index in [1.165, 1.54) is 11.1 Å². The molecule has 0 amide bonds. The summed E-state index contributed by atoms with van der Waals surface area (Å²) in [5, 5.41) is 9.01. The highest BCUT2D eigenvalue weighted by atomic mass is 16.4. The molecule has 4 nitrogen and oxygen atoms in total. The maximum atomic E-state index is 11.0. The average molecular weight is 318 g/mol. The predicted molar refractivity (Wildman–Crippen MR) is 95.9 cm³/mol. The highest BCUT2D eigenvalue weighted by Gasteiger charge is 2.03. The molecule has 120 valence electrons. The molecule has 24 heavy (non-hydrogen) atoms. The normalized spacial score (nSPS) is 11.1. The van der Waals surface area contributed by atoms with Gasteiger partial charge in [-0.25, -0.2) is 4.79 Å². The molecule has 0 bridgehead atoms. The van der Waals surface area contributed by atoms with Gasteiger partial charge in [0.25, 0.3) is 0 Å². The smallest absolute Gasteiger partial charge is 0.335 e. The van der Waals surface area contributed by atoms with Crippen LogP contribution in [0.5, 0.6) is 0 Å². The van der Waals surface area contributed by atoms with Gasteiger partial charge in [0, 0.05) is 29.9 Å². The van der Waals surface area contributed by atoms with Gasteiger partial charge in [-0.1, -0.05) is 12.1 Å². The quantitative estimate of drug-likeness (QED) is 0.718. The summed E-state index contributed by atoms with van der Waals surface area (Å²) in [5.74, 6) is -0.951. The van der Waals surface area contributed by atoms with Crippen LogP contribution in [0.25, 0.3) is 5.69 Å². The van der Waals surface area contributed by atoms with E-state index in [9.17, 15) is 4.79 Å². The third kappa shape index (κ3) is 3.43. The van der Waals surface area contributed by atoms with Gasteiger partial charge in [0.15, 0.2) is 0 Å². The average Bonchev–Trinajstić information content (AvgIpc) is 3.05. The molecule has 2 aromatic carbocycles. The van der Waals surface area contributed by atoms with Crippen LogP contribution in [0, 0.1) is 13.8 Å². The molecule has 0 aliphatic rings. The van der Waals surface area contributed by atoms with Crippen LogP contribution >= 0.6 is 0 Å². The number of benzene rings is 2. The molecule has 3 rings (SSSR count). The molecule has 0 unspecified atom stereocenters. The molecule has 1 N–H and O–H groups in total. The molecule has 0 spiro atoms. The predicted octanol–water partition coefficient (Wildman–Crippen LogP) is 4.54. The fraction of sp³-hybridized carbons (Fsp3) is 0.100. The van der Waals surface area contributed by atoms with E-state index in [4.69, 9.17) is 5.11 Å². The highest BCUT2D eigenvalue weighted by molar-refractivity contribution is 5.89.